The Morgan fingerprint density at radius 1 is 0.708 bits per heavy atom. The van der Waals surface area contributed by atoms with E-state index in [2.05, 4.69) is 0 Å². The summed E-state index contributed by atoms with van der Waals surface area (Å²) < 4.78 is 116. The van der Waals surface area contributed by atoms with Crippen LogP contribution in [0.1, 0.15) is 5.56 Å². The van der Waals surface area contributed by atoms with Crippen molar-refractivity contribution in [3.05, 3.63) is 42.0 Å². The van der Waals surface area contributed by atoms with Crippen molar-refractivity contribution in [2.45, 2.75) is 23.9 Å². The Kier molecular flexibility index (Phi) is 3.93. The van der Waals surface area contributed by atoms with Gasteiger partial charge in [-0.3, -0.25) is 5.11 Å². The number of fused-ring (bicyclic) bond motifs is 1. The van der Waals surface area contributed by atoms with Crippen molar-refractivity contribution in [3.8, 4) is 5.75 Å². The lowest BCUT2D eigenvalue weighted by atomic mass is 9.94. The molecule has 0 bridgehead atoms. The summed E-state index contributed by atoms with van der Waals surface area (Å²) in [6.07, 6.45) is -6.91. The molecule has 2 aromatic carbocycles. The van der Waals surface area contributed by atoms with Gasteiger partial charge in [0.25, 0.3) is 0 Å². The van der Waals surface area contributed by atoms with Crippen LogP contribution < -0.4 is 0 Å². The van der Waals surface area contributed by atoms with E-state index in [-0.39, 0.29) is 22.9 Å². The fraction of sp³-hybridized carbons (Fsp3) is 0.286. The third-order valence-corrected chi connectivity index (χ3v) is 3.33. The van der Waals surface area contributed by atoms with Crippen LogP contribution in [0.4, 0.5) is 39.5 Å². The lowest BCUT2D eigenvalue weighted by molar-refractivity contribution is -0.399. The first kappa shape index (κ1) is 18.2. The van der Waals surface area contributed by atoms with E-state index in [0.717, 1.165) is 12.1 Å². The summed E-state index contributed by atoms with van der Waals surface area (Å²) in [6, 6.07) is 4.97. The van der Waals surface area contributed by atoms with E-state index in [4.69, 9.17) is 0 Å². The Morgan fingerprint density at radius 3 is 1.79 bits per heavy atom. The molecular weight excluding hydrogens is 355 g/mol. The highest BCUT2D eigenvalue weighted by molar-refractivity contribution is 5.88. The quantitative estimate of drug-likeness (QED) is 0.606. The van der Waals surface area contributed by atoms with Gasteiger partial charge in [-0.15, -0.1) is 0 Å². The second-order valence-corrected chi connectivity index (χ2v) is 4.92. The van der Waals surface area contributed by atoms with E-state index < -0.39 is 35.3 Å². The average Bonchev–Trinajstić information content (AvgIpc) is 2.45. The molecule has 1 nitrogen and oxygen atoms in total. The average molecular weight is 361 g/mol. The van der Waals surface area contributed by atoms with Crippen LogP contribution in [0.15, 0.2) is 36.4 Å². The predicted octanol–water partition coefficient (Wildman–Crippen LogP) is 5.91. The first-order valence-corrected chi connectivity index (χ1v) is 6.14. The molecule has 24 heavy (non-hydrogen) atoms. The summed E-state index contributed by atoms with van der Waals surface area (Å²) in [7, 11) is 0. The molecule has 0 unspecified atom stereocenters. The molecule has 0 fully saturated rings. The van der Waals surface area contributed by atoms with Gasteiger partial charge < -0.3 is 0 Å². The van der Waals surface area contributed by atoms with Crippen molar-refractivity contribution in [2.24, 2.45) is 0 Å². The molecule has 0 aliphatic heterocycles. The highest BCUT2D eigenvalue weighted by Crippen LogP contribution is 2.57. The van der Waals surface area contributed by atoms with Crippen LogP contribution >= 0.6 is 0 Å². The van der Waals surface area contributed by atoms with Crippen molar-refractivity contribution in [1.29, 1.82) is 0 Å². The minimum Gasteiger partial charge on any atom is -0.289 e. The normalized spacial score (nSPS) is 14.2. The molecule has 0 saturated heterocycles. The molecule has 0 amide bonds. The number of alkyl halides is 9. The molecule has 0 atom stereocenters. The maximum Gasteiger partial charge on any atom is 0.460 e. The van der Waals surface area contributed by atoms with Crippen molar-refractivity contribution in [2.75, 3.05) is 0 Å². The molecule has 0 heterocycles. The van der Waals surface area contributed by atoms with Gasteiger partial charge in [-0.2, -0.15) is 39.5 Å². The molecule has 1 radical (unpaired) electrons. The number of halogens is 9. The SMILES string of the molecule is [O]c1cc(C(F)(F)C(F)(F)C(F)(F)C(F)(F)F)cc2ccccc12. The minimum atomic E-state index is -7.00. The molecule has 0 aliphatic carbocycles. The molecule has 0 aromatic heterocycles. The van der Waals surface area contributed by atoms with E-state index in [1.807, 2.05) is 0 Å². The first-order chi connectivity index (χ1) is 10.7. The van der Waals surface area contributed by atoms with Crippen LogP contribution in [0.3, 0.4) is 0 Å². The zero-order chi connectivity index (χ0) is 18.6. The van der Waals surface area contributed by atoms with Crippen LogP contribution in [-0.4, -0.2) is 18.0 Å². The lowest BCUT2D eigenvalue weighted by Crippen LogP contribution is -2.59. The largest absolute Gasteiger partial charge is 0.460 e. The minimum absolute atomic E-state index is 0.0807. The van der Waals surface area contributed by atoms with Gasteiger partial charge in [0.15, 0.2) is 5.75 Å². The van der Waals surface area contributed by atoms with Crippen molar-refractivity contribution in [1.82, 2.24) is 0 Å². The Labute approximate surface area is 128 Å². The van der Waals surface area contributed by atoms with Gasteiger partial charge in [0, 0.05) is 10.9 Å². The molecule has 10 heteroatoms. The van der Waals surface area contributed by atoms with Gasteiger partial charge in [0.1, 0.15) is 0 Å². The summed E-state index contributed by atoms with van der Waals surface area (Å²) >= 11 is 0. The molecule has 2 aromatic rings. The van der Waals surface area contributed by atoms with Crippen LogP contribution in [0.25, 0.3) is 10.8 Å². The topological polar surface area (TPSA) is 19.9 Å². The van der Waals surface area contributed by atoms with Crippen LogP contribution in [0.2, 0.25) is 0 Å². The Morgan fingerprint density at radius 2 is 1.25 bits per heavy atom. The zero-order valence-corrected chi connectivity index (χ0v) is 11.3. The molecule has 0 saturated carbocycles. The third-order valence-electron chi connectivity index (χ3n) is 3.33. The smallest absolute Gasteiger partial charge is 0.289 e. The maximum atomic E-state index is 13.8. The van der Waals surface area contributed by atoms with E-state index >= 15 is 0 Å². The van der Waals surface area contributed by atoms with Gasteiger partial charge in [-0.05, 0) is 17.5 Å². The highest BCUT2D eigenvalue weighted by Gasteiger charge is 2.82. The number of benzene rings is 2. The van der Waals surface area contributed by atoms with E-state index in [1.54, 1.807) is 0 Å². The summed E-state index contributed by atoms with van der Waals surface area (Å²) in [5.74, 6) is -20.9. The van der Waals surface area contributed by atoms with E-state index in [0.29, 0.717) is 0 Å². The summed E-state index contributed by atoms with van der Waals surface area (Å²) in [5, 5.41) is 11.2. The highest BCUT2D eigenvalue weighted by atomic mass is 19.4. The molecular formula is C14H6F9O. The predicted molar refractivity (Wildman–Crippen MR) is 63.9 cm³/mol. The second kappa shape index (κ2) is 5.18. The van der Waals surface area contributed by atoms with E-state index in [1.165, 1.54) is 12.1 Å². The van der Waals surface area contributed by atoms with Crippen molar-refractivity contribution in [3.63, 3.8) is 0 Å². The van der Waals surface area contributed by atoms with Gasteiger partial charge in [0.05, 0.1) is 0 Å². The Hall–Kier alpha value is -2.13. The monoisotopic (exact) mass is 361 g/mol. The summed E-state index contributed by atoms with van der Waals surface area (Å²) in [6.45, 7) is 0. The standard InChI is InChI=1S/C14H6F9O/c15-11(16,12(17,18)13(19,20)14(21,22)23)8-5-7-3-1-2-4-9(7)10(24)6-8/h1-6H. The van der Waals surface area contributed by atoms with Gasteiger partial charge in [-0.1, -0.05) is 24.3 Å². The first-order valence-electron chi connectivity index (χ1n) is 6.14. The fourth-order valence-electron chi connectivity index (χ4n) is 2.01. The maximum absolute atomic E-state index is 13.8. The molecule has 0 aliphatic rings. The van der Waals surface area contributed by atoms with Crippen LogP contribution in [0, 0.1) is 0 Å². The molecule has 0 spiro atoms. The van der Waals surface area contributed by atoms with Crippen LogP contribution in [-0.2, 0) is 11.0 Å². The van der Waals surface area contributed by atoms with Gasteiger partial charge in [-0.25, -0.2) is 0 Å². The summed E-state index contributed by atoms with van der Waals surface area (Å²) in [5.41, 5.74) is -1.93. The lowest BCUT2D eigenvalue weighted by Gasteiger charge is -2.33. The number of hydrogen-bond acceptors (Lipinski definition) is 0. The van der Waals surface area contributed by atoms with Crippen molar-refractivity contribution >= 4 is 10.8 Å². The summed E-state index contributed by atoms with van der Waals surface area (Å²) in [4.78, 5) is 0. The van der Waals surface area contributed by atoms with Gasteiger partial charge >= 0.3 is 23.9 Å². The Balaban J connectivity index is 2.65. The second-order valence-electron chi connectivity index (χ2n) is 4.92. The number of hydrogen-bond donors (Lipinski definition) is 0. The van der Waals surface area contributed by atoms with E-state index in [9.17, 15) is 44.6 Å². The van der Waals surface area contributed by atoms with Crippen LogP contribution in [0.5, 0.6) is 5.75 Å². The molecule has 131 valence electrons. The van der Waals surface area contributed by atoms with Crippen molar-refractivity contribution < 1.29 is 44.6 Å². The molecule has 2 rings (SSSR count). The zero-order valence-electron chi connectivity index (χ0n) is 11.3. The fourth-order valence-corrected chi connectivity index (χ4v) is 2.01. The Bertz CT molecular complexity index is 764. The number of rotatable bonds is 3. The third kappa shape index (κ3) is 2.44. The van der Waals surface area contributed by atoms with Gasteiger partial charge in [0.2, 0.25) is 0 Å². The molecule has 0 N–H and O–H groups in total.